The van der Waals surface area contributed by atoms with Crippen molar-refractivity contribution in [3.8, 4) is 0 Å². The molecule has 16 heavy (non-hydrogen) atoms. The molecule has 0 saturated heterocycles. The van der Waals surface area contributed by atoms with Gasteiger partial charge in [0.25, 0.3) is 0 Å². The quantitative estimate of drug-likeness (QED) is 0.518. The SMILES string of the molecule is C=CCC(c1ccccc1)[N+](C)(C)C=C.[Cl-]. The van der Waals surface area contributed by atoms with Crippen LogP contribution in [0, 0.1) is 0 Å². The van der Waals surface area contributed by atoms with Crippen molar-refractivity contribution < 1.29 is 16.9 Å². The topological polar surface area (TPSA) is 0 Å². The van der Waals surface area contributed by atoms with Crippen LogP contribution in [0.3, 0.4) is 0 Å². The summed E-state index contributed by atoms with van der Waals surface area (Å²) in [5.74, 6) is 0. The van der Waals surface area contributed by atoms with Crippen LogP contribution in [0.25, 0.3) is 0 Å². The van der Waals surface area contributed by atoms with Crippen LogP contribution in [0.1, 0.15) is 18.0 Å². The number of nitrogens with zero attached hydrogens (tertiary/aromatic N) is 1. The van der Waals surface area contributed by atoms with Crippen molar-refractivity contribution in [1.82, 2.24) is 0 Å². The van der Waals surface area contributed by atoms with E-state index in [1.54, 1.807) is 0 Å². The molecule has 0 aromatic heterocycles. The molecule has 0 aliphatic carbocycles. The zero-order valence-corrected chi connectivity index (χ0v) is 10.8. The first kappa shape index (κ1) is 14.9. The van der Waals surface area contributed by atoms with Gasteiger partial charge in [-0.3, -0.25) is 4.48 Å². The minimum atomic E-state index is 0. The van der Waals surface area contributed by atoms with E-state index in [2.05, 4.69) is 51.5 Å². The minimum absolute atomic E-state index is 0. The first-order chi connectivity index (χ1) is 7.11. The lowest BCUT2D eigenvalue weighted by Crippen LogP contribution is -3.00. The molecular formula is C14H20ClN. The van der Waals surface area contributed by atoms with E-state index in [0.717, 1.165) is 10.9 Å². The van der Waals surface area contributed by atoms with Gasteiger partial charge in [0.2, 0.25) is 0 Å². The van der Waals surface area contributed by atoms with Crippen LogP contribution in [-0.2, 0) is 0 Å². The number of hydrogen-bond acceptors (Lipinski definition) is 0. The molecule has 0 aliphatic heterocycles. The Balaban J connectivity index is 0.00000225. The average Bonchev–Trinajstić information content (AvgIpc) is 2.27. The number of hydrogen-bond donors (Lipinski definition) is 0. The second-order valence-corrected chi connectivity index (χ2v) is 4.26. The molecule has 1 unspecified atom stereocenters. The molecule has 1 aromatic rings. The molecule has 0 fully saturated rings. The molecule has 88 valence electrons. The Labute approximate surface area is 105 Å². The Morgan fingerprint density at radius 1 is 1.19 bits per heavy atom. The molecule has 1 rings (SSSR count). The van der Waals surface area contributed by atoms with E-state index in [4.69, 9.17) is 0 Å². The van der Waals surface area contributed by atoms with Crippen molar-refractivity contribution in [2.45, 2.75) is 12.5 Å². The molecule has 0 bridgehead atoms. The van der Waals surface area contributed by atoms with Crippen LogP contribution in [0.4, 0.5) is 0 Å². The summed E-state index contributed by atoms with van der Waals surface area (Å²) in [5, 5.41) is 0. The number of quaternary nitrogens is 1. The lowest BCUT2D eigenvalue weighted by molar-refractivity contribution is -0.871. The van der Waals surface area contributed by atoms with Gasteiger partial charge in [-0.25, -0.2) is 0 Å². The summed E-state index contributed by atoms with van der Waals surface area (Å²) in [6.07, 6.45) is 4.91. The highest BCUT2D eigenvalue weighted by Crippen LogP contribution is 2.28. The highest BCUT2D eigenvalue weighted by Gasteiger charge is 2.25. The predicted octanol–water partition coefficient (Wildman–Crippen LogP) is 0.528. The van der Waals surface area contributed by atoms with E-state index >= 15 is 0 Å². The Morgan fingerprint density at radius 2 is 1.75 bits per heavy atom. The van der Waals surface area contributed by atoms with Gasteiger partial charge >= 0.3 is 0 Å². The van der Waals surface area contributed by atoms with Crippen molar-refractivity contribution >= 4 is 0 Å². The third-order valence-corrected chi connectivity index (χ3v) is 2.85. The predicted molar refractivity (Wildman–Crippen MR) is 66.3 cm³/mol. The maximum Gasteiger partial charge on any atom is 0.122 e. The summed E-state index contributed by atoms with van der Waals surface area (Å²) < 4.78 is 0.774. The minimum Gasteiger partial charge on any atom is -1.00 e. The first-order valence-corrected chi connectivity index (χ1v) is 5.24. The molecule has 0 saturated carbocycles. The van der Waals surface area contributed by atoms with E-state index in [1.165, 1.54) is 5.56 Å². The van der Waals surface area contributed by atoms with Crippen molar-refractivity contribution in [3.05, 3.63) is 61.3 Å². The number of halogens is 1. The fraction of sp³-hybridized carbons (Fsp3) is 0.286. The maximum absolute atomic E-state index is 3.90. The van der Waals surface area contributed by atoms with Crippen LogP contribution in [0.15, 0.2) is 55.8 Å². The van der Waals surface area contributed by atoms with E-state index < -0.39 is 0 Å². The van der Waals surface area contributed by atoms with Crippen LogP contribution < -0.4 is 12.4 Å². The Kier molecular flexibility index (Phi) is 6.09. The lowest BCUT2D eigenvalue weighted by Gasteiger charge is -2.34. The van der Waals surface area contributed by atoms with Crippen molar-refractivity contribution in [1.29, 1.82) is 0 Å². The molecule has 0 N–H and O–H groups in total. The fourth-order valence-corrected chi connectivity index (χ4v) is 1.75. The number of benzene rings is 1. The van der Waals surface area contributed by atoms with Gasteiger partial charge in [0.1, 0.15) is 6.04 Å². The standard InChI is InChI=1S/C14H20N.ClH/c1-5-10-14(15(3,4)6-2)13-11-8-7-9-12-13;/h5-9,11-12,14H,1-2,10H2,3-4H3;1H/q+1;/p-1. The highest BCUT2D eigenvalue weighted by molar-refractivity contribution is 5.18. The van der Waals surface area contributed by atoms with E-state index in [-0.39, 0.29) is 12.4 Å². The van der Waals surface area contributed by atoms with Gasteiger partial charge in [0, 0.05) is 12.0 Å². The summed E-state index contributed by atoms with van der Waals surface area (Å²) in [7, 11) is 4.32. The third kappa shape index (κ3) is 3.51. The molecule has 1 nitrogen and oxygen atoms in total. The van der Waals surface area contributed by atoms with E-state index in [9.17, 15) is 0 Å². The fourth-order valence-electron chi connectivity index (χ4n) is 1.75. The first-order valence-electron chi connectivity index (χ1n) is 5.24. The average molecular weight is 238 g/mol. The van der Waals surface area contributed by atoms with Gasteiger partial charge in [0.05, 0.1) is 20.3 Å². The molecular weight excluding hydrogens is 218 g/mol. The molecule has 0 heterocycles. The summed E-state index contributed by atoms with van der Waals surface area (Å²) in [6.45, 7) is 7.73. The van der Waals surface area contributed by atoms with Gasteiger partial charge in [0.15, 0.2) is 0 Å². The maximum atomic E-state index is 3.90. The molecule has 2 heteroatoms. The Bertz CT molecular complexity index is 330. The van der Waals surface area contributed by atoms with Gasteiger partial charge in [-0.2, -0.15) is 0 Å². The van der Waals surface area contributed by atoms with Crippen molar-refractivity contribution in [2.75, 3.05) is 14.1 Å². The summed E-state index contributed by atoms with van der Waals surface area (Å²) in [6, 6.07) is 10.9. The second-order valence-electron chi connectivity index (χ2n) is 4.26. The van der Waals surface area contributed by atoms with Crippen molar-refractivity contribution in [3.63, 3.8) is 0 Å². The van der Waals surface area contributed by atoms with Crippen LogP contribution in [0.2, 0.25) is 0 Å². The largest absolute Gasteiger partial charge is 1.00 e. The van der Waals surface area contributed by atoms with Gasteiger partial charge in [-0.05, 0) is 6.58 Å². The van der Waals surface area contributed by atoms with Crippen molar-refractivity contribution in [2.24, 2.45) is 0 Å². The third-order valence-electron chi connectivity index (χ3n) is 2.85. The molecule has 0 radical (unpaired) electrons. The lowest BCUT2D eigenvalue weighted by atomic mass is 10.0. The smallest absolute Gasteiger partial charge is 0.122 e. The molecule has 1 atom stereocenters. The molecule has 0 amide bonds. The van der Waals surface area contributed by atoms with Crippen LogP contribution in [0.5, 0.6) is 0 Å². The van der Waals surface area contributed by atoms with E-state index in [0.29, 0.717) is 6.04 Å². The summed E-state index contributed by atoms with van der Waals surface area (Å²) in [4.78, 5) is 0. The summed E-state index contributed by atoms with van der Waals surface area (Å²) in [5.41, 5.74) is 1.34. The number of rotatable bonds is 5. The molecule has 1 aromatic carbocycles. The van der Waals surface area contributed by atoms with Crippen LogP contribution >= 0.6 is 0 Å². The molecule has 0 spiro atoms. The highest BCUT2D eigenvalue weighted by atomic mass is 35.5. The summed E-state index contributed by atoms with van der Waals surface area (Å²) >= 11 is 0. The van der Waals surface area contributed by atoms with Gasteiger partial charge in [-0.1, -0.05) is 36.4 Å². The van der Waals surface area contributed by atoms with Crippen LogP contribution in [-0.4, -0.2) is 18.6 Å². The Morgan fingerprint density at radius 3 is 2.19 bits per heavy atom. The van der Waals surface area contributed by atoms with Gasteiger partial charge in [-0.15, -0.1) is 6.58 Å². The zero-order chi connectivity index (χ0) is 11.3. The zero-order valence-electron chi connectivity index (χ0n) is 10.1. The Hall–Kier alpha value is -1.05. The normalized spacial score (nSPS) is 12.4. The van der Waals surface area contributed by atoms with E-state index in [1.807, 2.05) is 18.3 Å². The monoisotopic (exact) mass is 237 g/mol. The second kappa shape index (κ2) is 6.51. The van der Waals surface area contributed by atoms with Gasteiger partial charge < -0.3 is 12.4 Å². The molecule has 0 aliphatic rings.